The van der Waals surface area contributed by atoms with Gasteiger partial charge >= 0.3 is 6.09 Å². The molecule has 0 aliphatic heterocycles. The number of hydrogen-bond acceptors (Lipinski definition) is 14. The van der Waals surface area contributed by atoms with E-state index in [4.69, 9.17) is 61.6 Å². The molecule has 5 aromatic rings. The summed E-state index contributed by atoms with van der Waals surface area (Å²) in [6.45, 7) is 11.3. The van der Waals surface area contributed by atoms with Crippen LogP contribution < -0.4 is 5.32 Å². The molecule has 15 nitrogen and oxygen atoms in total. The maximum Gasteiger partial charge on any atom is 0.407 e. The zero-order chi connectivity index (χ0) is 50.5. The van der Waals surface area contributed by atoms with E-state index in [2.05, 4.69) is 66.0 Å². The highest BCUT2D eigenvalue weighted by molar-refractivity contribution is 5.79. The van der Waals surface area contributed by atoms with E-state index in [0.717, 1.165) is 16.7 Å². The van der Waals surface area contributed by atoms with Gasteiger partial charge in [-0.05, 0) is 38.9 Å². The number of hydrogen-bond donors (Lipinski definition) is 1. The van der Waals surface area contributed by atoms with Crippen LogP contribution in [0.3, 0.4) is 0 Å². The fourth-order valence-corrected chi connectivity index (χ4v) is 8.20. The van der Waals surface area contributed by atoms with Crippen LogP contribution in [0.1, 0.15) is 33.7 Å². The SMILES string of the molecule is O=C(NCCOCCOCCOCCOCCOCCOCCOCCOCCOCCOCCOCCOC(c1ccccc1)(c1ccccc1)c1ccccc1)OCC1c2ccccc2-c2ccccc21. The smallest absolute Gasteiger partial charge is 0.407 e. The molecule has 1 aliphatic rings. The third-order valence-corrected chi connectivity index (χ3v) is 11.7. The summed E-state index contributed by atoms with van der Waals surface area (Å²) in [7, 11) is 0. The summed E-state index contributed by atoms with van der Waals surface area (Å²) in [6.07, 6.45) is -0.455. The monoisotopic (exact) mass is 1010 g/mol. The normalized spacial score (nSPS) is 12.2. The lowest BCUT2D eigenvalue weighted by molar-refractivity contribution is -0.0399. The van der Waals surface area contributed by atoms with Crippen LogP contribution >= 0.6 is 0 Å². The van der Waals surface area contributed by atoms with Gasteiger partial charge in [-0.2, -0.15) is 0 Å². The molecule has 0 bridgehead atoms. The van der Waals surface area contributed by atoms with Crippen LogP contribution in [0.15, 0.2) is 140 Å². The average molecular weight is 1010 g/mol. The second kappa shape index (κ2) is 35.9. The number of alkyl carbamates (subject to hydrolysis) is 1. The molecule has 15 heteroatoms. The standard InChI is InChI=1S/C58H75NO14/c60-57(72-48-56-54-22-12-10-20-52(54)53-21-11-13-23-55(53)56)59-24-25-61-26-27-62-28-29-63-30-31-64-32-33-65-34-35-66-36-37-67-38-39-68-40-41-69-42-43-70-44-45-71-46-47-73-58(49-14-4-1-5-15-49,50-16-6-2-7-17-50)51-18-8-3-9-19-51/h1-23,56H,24-48H2,(H,59,60). The third kappa shape index (κ3) is 20.6. The molecule has 6 rings (SSSR count). The molecule has 0 saturated carbocycles. The van der Waals surface area contributed by atoms with Crippen LogP contribution in [-0.2, 0) is 67.2 Å². The Kier molecular flexibility index (Phi) is 28.1. The van der Waals surface area contributed by atoms with Crippen molar-refractivity contribution in [3.05, 3.63) is 167 Å². The number of ether oxygens (including phenoxy) is 13. The lowest BCUT2D eigenvalue weighted by Crippen LogP contribution is -2.34. The van der Waals surface area contributed by atoms with Gasteiger partial charge in [0, 0.05) is 12.5 Å². The third-order valence-electron chi connectivity index (χ3n) is 11.7. The summed E-state index contributed by atoms with van der Waals surface area (Å²) in [5.74, 6) is 0.0310. The molecule has 5 aromatic carbocycles. The quantitative estimate of drug-likeness (QED) is 0.0300. The highest BCUT2D eigenvalue weighted by Crippen LogP contribution is 2.44. The van der Waals surface area contributed by atoms with E-state index in [1.54, 1.807) is 0 Å². The van der Waals surface area contributed by atoms with E-state index in [1.165, 1.54) is 22.3 Å². The number of rotatable bonds is 42. The Labute approximate surface area is 431 Å². The van der Waals surface area contributed by atoms with Gasteiger partial charge < -0.3 is 66.9 Å². The van der Waals surface area contributed by atoms with E-state index in [1.807, 2.05) is 78.9 Å². The van der Waals surface area contributed by atoms with Gasteiger partial charge in [-0.15, -0.1) is 0 Å². The zero-order valence-electron chi connectivity index (χ0n) is 42.2. The summed E-state index contributed by atoms with van der Waals surface area (Å²) in [5, 5.41) is 2.75. The Balaban J connectivity index is 0.614. The van der Waals surface area contributed by atoms with Gasteiger partial charge in [0.2, 0.25) is 0 Å². The number of amides is 1. The minimum Gasteiger partial charge on any atom is -0.449 e. The minimum atomic E-state index is -0.761. The van der Waals surface area contributed by atoms with Gasteiger partial charge in [0.15, 0.2) is 0 Å². The Hall–Kier alpha value is -5.11. The molecule has 0 saturated heterocycles. The maximum atomic E-state index is 12.3. The van der Waals surface area contributed by atoms with Crippen molar-refractivity contribution in [3.8, 4) is 11.1 Å². The molecule has 0 spiro atoms. The van der Waals surface area contributed by atoms with Gasteiger partial charge in [-0.3, -0.25) is 0 Å². The Morgan fingerprint density at radius 2 is 0.616 bits per heavy atom. The van der Waals surface area contributed by atoms with Gasteiger partial charge in [-0.25, -0.2) is 4.79 Å². The van der Waals surface area contributed by atoms with Gasteiger partial charge in [0.05, 0.1) is 152 Å². The average Bonchev–Trinajstić information content (AvgIpc) is 3.76. The first-order valence-corrected chi connectivity index (χ1v) is 25.5. The summed E-state index contributed by atoms with van der Waals surface area (Å²) < 4.78 is 73.9. The Morgan fingerprint density at radius 3 is 0.945 bits per heavy atom. The number of benzene rings is 5. The van der Waals surface area contributed by atoms with E-state index in [-0.39, 0.29) is 12.5 Å². The molecule has 1 N–H and O–H groups in total. The lowest BCUT2D eigenvalue weighted by atomic mass is 9.80. The van der Waals surface area contributed by atoms with Crippen LogP contribution in [0, 0.1) is 0 Å². The first-order chi connectivity index (χ1) is 36.3. The van der Waals surface area contributed by atoms with Crippen LogP contribution in [0.4, 0.5) is 4.79 Å². The van der Waals surface area contributed by atoms with Gasteiger partial charge in [-0.1, -0.05) is 140 Å². The fraction of sp³-hybridized carbons (Fsp3) is 0.466. The van der Waals surface area contributed by atoms with Gasteiger partial charge in [0.1, 0.15) is 12.2 Å². The number of fused-ring (bicyclic) bond motifs is 3. The van der Waals surface area contributed by atoms with Crippen molar-refractivity contribution in [1.82, 2.24) is 5.32 Å². The molecular formula is C58H75NO14. The second-order valence-electron chi connectivity index (χ2n) is 16.6. The summed E-state index contributed by atoms with van der Waals surface area (Å²) in [5.41, 5.74) is 7.19. The molecule has 396 valence electrons. The molecular weight excluding hydrogens is 935 g/mol. The predicted octanol–water partition coefficient (Wildman–Crippen LogP) is 7.72. The second-order valence-corrected chi connectivity index (χ2v) is 16.6. The maximum absolute atomic E-state index is 12.3. The molecule has 1 aliphatic carbocycles. The van der Waals surface area contributed by atoms with Crippen molar-refractivity contribution < 1.29 is 66.4 Å². The minimum absolute atomic E-state index is 0.0310. The van der Waals surface area contributed by atoms with Crippen LogP contribution in [0.25, 0.3) is 11.1 Å². The van der Waals surface area contributed by atoms with Crippen molar-refractivity contribution in [3.63, 3.8) is 0 Å². The molecule has 0 aromatic heterocycles. The number of nitrogens with one attached hydrogen (secondary N) is 1. The molecule has 1 amide bonds. The fourth-order valence-electron chi connectivity index (χ4n) is 8.20. The summed E-state index contributed by atoms with van der Waals surface area (Å²) >= 11 is 0. The van der Waals surface area contributed by atoms with E-state index >= 15 is 0 Å². The van der Waals surface area contributed by atoms with Crippen molar-refractivity contribution >= 4 is 6.09 Å². The van der Waals surface area contributed by atoms with Crippen LogP contribution in [0.2, 0.25) is 0 Å². The Bertz CT molecular complexity index is 2030. The van der Waals surface area contributed by atoms with Crippen molar-refractivity contribution in [2.75, 3.05) is 165 Å². The highest BCUT2D eigenvalue weighted by atomic mass is 16.6. The summed E-state index contributed by atoms with van der Waals surface area (Å²) in [4.78, 5) is 12.3. The molecule has 0 unspecified atom stereocenters. The van der Waals surface area contributed by atoms with E-state index < -0.39 is 11.7 Å². The topological polar surface area (TPSA) is 149 Å². The first kappa shape index (κ1) is 57.2. The van der Waals surface area contributed by atoms with Crippen molar-refractivity contribution in [1.29, 1.82) is 0 Å². The first-order valence-electron chi connectivity index (χ1n) is 25.5. The van der Waals surface area contributed by atoms with E-state index in [9.17, 15) is 4.79 Å². The molecule has 0 heterocycles. The summed E-state index contributed by atoms with van der Waals surface area (Å²) in [6, 6.07) is 47.5. The number of carbonyl (C=O) groups is 1. The van der Waals surface area contributed by atoms with Crippen molar-refractivity contribution in [2.45, 2.75) is 11.5 Å². The zero-order valence-corrected chi connectivity index (χ0v) is 42.2. The molecule has 0 radical (unpaired) electrons. The highest BCUT2D eigenvalue weighted by Gasteiger charge is 2.37. The van der Waals surface area contributed by atoms with E-state index in [0.29, 0.717) is 159 Å². The molecule has 0 fully saturated rings. The lowest BCUT2D eigenvalue weighted by Gasteiger charge is -2.36. The van der Waals surface area contributed by atoms with Gasteiger partial charge in [0.25, 0.3) is 0 Å². The Morgan fingerprint density at radius 1 is 0.342 bits per heavy atom. The molecule has 73 heavy (non-hydrogen) atoms. The largest absolute Gasteiger partial charge is 0.449 e. The van der Waals surface area contributed by atoms with Crippen LogP contribution in [0.5, 0.6) is 0 Å². The molecule has 0 atom stereocenters. The van der Waals surface area contributed by atoms with Crippen molar-refractivity contribution in [2.24, 2.45) is 0 Å². The predicted molar refractivity (Wildman–Crippen MR) is 277 cm³/mol. The van der Waals surface area contributed by atoms with Crippen LogP contribution in [-0.4, -0.2) is 171 Å². The number of carbonyl (C=O) groups excluding carboxylic acids is 1.